The number of fused-ring (bicyclic) bond motifs is 1. The molecule has 3 aromatic carbocycles. The van der Waals surface area contributed by atoms with Crippen LogP contribution >= 0.6 is 11.3 Å². The number of hydrogen-bond acceptors (Lipinski definition) is 6. The molecule has 29 heavy (non-hydrogen) atoms. The Kier molecular flexibility index (Phi) is 5.31. The molecule has 0 spiro atoms. The molecule has 0 aliphatic carbocycles. The summed E-state index contributed by atoms with van der Waals surface area (Å²) in [6, 6.07) is 20.1. The van der Waals surface area contributed by atoms with Crippen molar-refractivity contribution in [2.75, 3.05) is 19.5 Å². The predicted molar refractivity (Wildman–Crippen MR) is 114 cm³/mol. The van der Waals surface area contributed by atoms with E-state index in [1.165, 1.54) is 11.3 Å². The van der Waals surface area contributed by atoms with Gasteiger partial charge in [0.15, 0.2) is 16.6 Å². The molecular weight excluding hydrogens is 388 g/mol. The van der Waals surface area contributed by atoms with Gasteiger partial charge < -0.3 is 14.2 Å². The van der Waals surface area contributed by atoms with Crippen LogP contribution in [0.4, 0.5) is 5.13 Å². The highest BCUT2D eigenvalue weighted by molar-refractivity contribution is 7.22. The van der Waals surface area contributed by atoms with Crippen LogP contribution in [0.1, 0.15) is 10.4 Å². The summed E-state index contributed by atoms with van der Waals surface area (Å²) in [4.78, 5) is 17.0. The summed E-state index contributed by atoms with van der Waals surface area (Å²) >= 11 is 1.37. The Bertz CT molecular complexity index is 1100. The summed E-state index contributed by atoms with van der Waals surface area (Å²) in [6.45, 7) is 0. The maximum Gasteiger partial charge on any atom is 0.257 e. The Balaban J connectivity index is 1.48. The van der Waals surface area contributed by atoms with E-state index < -0.39 is 0 Å². The second-order valence-electron chi connectivity index (χ2n) is 6.09. The summed E-state index contributed by atoms with van der Waals surface area (Å²) in [5.41, 5.74) is 1.24. The van der Waals surface area contributed by atoms with Crippen LogP contribution in [0, 0.1) is 0 Å². The van der Waals surface area contributed by atoms with Crippen molar-refractivity contribution >= 4 is 32.6 Å². The fraction of sp³-hybridized carbons (Fsp3) is 0.0909. The molecule has 1 aromatic heterocycles. The molecule has 1 heterocycles. The number of nitrogens with zero attached hydrogens (tertiary/aromatic N) is 1. The maximum atomic E-state index is 12.6. The van der Waals surface area contributed by atoms with E-state index in [0.717, 1.165) is 16.0 Å². The van der Waals surface area contributed by atoms with Gasteiger partial charge in [-0.3, -0.25) is 10.1 Å². The zero-order valence-corrected chi connectivity index (χ0v) is 16.7. The average molecular weight is 406 g/mol. The number of para-hydroxylation sites is 1. The predicted octanol–water partition coefficient (Wildman–Crippen LogP) is 5.36. The lowest BCUT2D eigenvalue weighted by Gasteiger charge is -2.06. The minimum atomic E-state index is -0.241. The van der Waals surface area contributed by atoms with Crippen LogP contribution in [0.2, 0.25) is 0 Å². The van der Waals surface area contributed by atoms with Crippen LogP contribution in [-0.4, -0.2) is 25.1 Å². The van der Waals surface area contributed by atoms with E-state index in [0.29, 0.717) is 27.9 Å². The summed E-state index contributed by atoms with van der Waals surface area (Å²) < 4.78 is 17.3. The second-order valence-corrected chi connectivity index (χ2v) is 7.12. The van der Waals surface area contributed by atoms with Gasteiger partial charge in [-0.05, 0) is 36.4 Å². The highest BCUT2D eigenvalue weighted by Crippen LogP contribution is 2.36. The standard InChI is InChI=1S/C22H18N2O4S/c1-26-18-12-17-20(13-19(18)27-2)29-22(23-17)24-21(25)14-8-10-16(11-9-14)28-15-6-4-3-5-7-15/h3-13H,1-2H3,(H,23,24,25). The van der Waals surface area contributed by atoms with Crippen molar-refractivity contribution in [1.29, 1.82) is 0 Å². The number of amides is 1. The lowest BCUT2D eigenvalue weighted by Crippen LogP contribution is -2.11. The van der Waals surface area contributed by atoms with Crippen LogP contribution in [0.5, 0.6) is 23.0 Å². The molecule has 7 heteroatoms. The van der Waals surface area contributed by atoms with Gasteiger partial charge in [0, 0.05) is 17.7 Å². The molecule has 0 radical (unpaired) electrons. The van der Waals surface area contributed by atoms with E-state index in [1.54, 1.807) is 44.6 Å². The number of hydrogen-bond donors (Lipinski definition) is 1. The van der Waals surface area contributed by atoms with E-state index in [9.17, 15) is 4.79 Å². The molecule has 0 aliphatic rings. The molecule has 0 fully saturated rings. The fourth-order valence-corrected chi connectivity index (χ4v) is 3.65. The first-order valence-corrected chi connectivity index (χ1v) is 9.65. The highest BCUT2D eigenvalue weighted by atomic mass is 32.1. The summed E-state index contributed by atoms with van der Waals surface area (Å²) in [5, 5.41) is 3.34. The van der Waals surface area contributed by atoms with Crippen molar-refractivity contribution in [2.24, 2.45) is 0 Å². The van der Waals surface area contributed by atoms with Crippen molar-refractivity contribution in [3.05, 3.63) is 72.3 Å². The van der Waals surface area contributed by atoms with E-state index in [4.69, 9.17) is 14.2 Å². The number of thiazole rings is 1. The number of benzene rings is 3. The number of methoxy groups -OCH3 is 2. The monoisotopic (exact) mass is 406 g/mol. The summed E-state index contributed by atoms with van der Waals surface area (Å²) in [7, 11) is 3.16. The zero-order valence-electron chi connectivity index (χ0n) is 15.8. The molecule has 0 atom stereocenters. The third kappa shape index (κ3) is 4.14. The molecule has 4 rings (SSSR count). The fourth-order valence-electron chi connectivity index (χ4n) is 2.78. The lowest BCUT2D eigenvalue weighted by atomic mass is 10.2. The van der Waals surface area contributed by atoms with Crippen LogP contribution < -0.4 is 19.5 Å². The van der Waals surface area contributed by atoms with E-state index in [-0.39, 0.29) is 5.91 Å². The molecule has 0 saturated heterocycles. The SMILES string of the molecule is COc1cc2nc(NC(=O)c3ccc(Oc4ccccc4)cc3)sc2cc1OC. The zero-order chi connectivity index (χ0) is 20.2. The molecule has 1 N–H and O–H groups in total. The van der Waals surface area contributed by atoms with Crippen molar-refractivity contribution in [1.82, 2.24) is 4.98 Å². The van der Waals surface area contributed by atoms with Crippen molar-refractivity contribution in [2.45, 2.75) is 0 Å². The quantitative estimate of drug-likeness (QED) is 0.467. The number of rotatable bonds is 6. The van der Waals surface area contributed by atoms with Gasteiger partial charge in [-0.25, -0.2) is 4.98 Å². The Morgan fingerprint density at radius 2 is 1.55 bits per heavy atom. The van der Waals surface area contributed by atoms with Gasteiger partial charge in [-0.15, -0.1) is 0 Å². The number of ether oxygens (including phenoxy) is 3. The van der Waals surface area contributed by atoms with Gasteiger partial charge >= 0.3 is 0 Å². The van der Waals surface area contributed by atoms with Crippen molar-refractivity contribution in [3.8, 4) is 23.0 Å². The normalized spacial score (nSPS) is 10.6. The van der Waals surface area contributed by atoms with Gasteiger partial charge in [-0.1, -0.05) is 29.5 Å². The van der Waals surface area contributed by atoms with E-state index in [1.807, 2.05) is 36.4 Å². The van der Waals surface area contributed by atoms with Gasteiger partial charge in [0.25, 0.3) is 5.91 Å². The largest absolute Gasteiger partial charge is 0.493 e. The van der Waals surface area contributed by atoms with Gasteiger partial charge in [0.2, 0.25) is 0 Å². The third-order valence-electron chi connectivity index (χ3n) is 4.21. The lowest BCUT2D eigenvalue weighted by molar-refractivity contribution is 0.102. The Hall–Kier alpha value is -3.58. The van der Waals surface area contributed by atoms with Crippen molar-refractivity contribution in [3.63, 3.8) is 0 Å². The first-order chi connectivity index (χ1) is 14.2. The Labute approximate surface area is 171 Å². The van der Waals surface area contributed by atoms with Crippen LogP contribution in [0.15, 0.2) is 66.7 Å². The molecule has 1 amide bonds. The first-order valence-electron chi connectivity index (χ1n) is 8.83. The molecule has 0 aliphatic heterocycles. The molecule has 6 nitrogen and oxygen atoms in total. The minimum absolute atomic E-state index is 0.241. The van der Waals surface area contributed by atoms with E-state index in [2.05, 4.69) is 10.3 Å². The van der Waals surface area contributed by atoms with E-state index >= 15 is 0 Å². The molecule has 0 bridgehead atoms. The van der Waals surface area contributed by atoms with Gasteiger partial charge in [-0.2, -0.15) is 0 Å². The minimum Gasteiger partial charge on any atom is -0.493 e. The highest BCUT2D eigenvalue weighted by Gasteiger charge is 2.13. The Morgan fingerprint density at radius 1 is 0.897 bits per heavy atom. The number of anilines is 1. The molecule has 0 unspecified atom stereocenters. The summed E-state index contributed by atoms with van der Waals surface area (Å²) in [6.07, 6.45) is 0. The molecule has 4 aromatic rings. The number of carbonyl (C=O) groups is 1. The smallest absolute Gasteiger partial charge is 0.257 e. The van der Waals surface area contributed by atoms with Gasteiger partial charge in [0.1, 0.15) is 11.5 Å². The third-order valence-corrected chi connectivity index (χ3v) is 5.14. The summed E-state index contributed by atoms with van der Waals surface area (Å²) in [5.74, 6) is 2.37. The molecule has 146 valence electrons. The second kappa shape index (κ2) is 8.20. The number of carbonyl (C=O) groups excluding carboxylic acids is 1. The Morgan fingerprint density at radius 3 is 2.24 bits per heavy atom. The maximum absolute atomic E-state index is 12.6. The topological polar surface area (TPSA) is 69.7 Å². The van der Waals surface area contributed by atoms with Crippen LogP contribution in [-0.2, 0) is 0 Å². The number of aromatic nitrogens is 1. The van der Waals surface area contributed by atoms with Crippen LogP contribution in [0.3, 0.4) is 0 Å². The van der Waals surface area contributed by atoms with Crippen molar-refractivity contribution < 1.29 is 19.0 Å². The number of nitrogens with one attached hydrogen (secondary N) is 1. The average Bonchev–Trinajstić information content (AvgIpc) is 3.14. The molecule has 0 saturated carbocycles. The van der Waals surface area contributed by atoms with Crippen LogP contribution in [0.25, 0.3) is 10.2 Å². The molecular formula is C22H18N2O4S. The van der Waals surface area contributed by atoms with Gasteiger partial charge in [0.05, 0.1) is 24.4 Å². The first kappa shape index (κ1) is 18.8.